The smallest absolute Gasteiger partial charge is 0.348 e. The Labute approximate surface area is 185 Å². The second kappa shape index (κ2) is 8.07. The number of carbonyl (C=O) groups is 2. The highest BCUT2D eigenvalue weighted by Gasteiger charge is 2.35. The molecule has 0 aromatic heterocycles. The molecule has 2 aromatic rings. The van der Waals surface area contributed by atoms with Gasteiger partial charge in [-0.05, 0) is 41.7 Å². The molecule has 1 N–H and O–H groups in total. The summed E-state index contributed by atoms with van der Waals surface area (Å²) < 4.78 is 5.48. The minimum absolute atomic E-state index is 0.0291. The Bertz CT molecular complexity index is 1110. The van der Waals surface area contributed by atoms with Crippen LogP contribution in [0, 0.1) is 0 Å². The van der Waals surface area contributed by atoms with E-state index in [2.05, 4.69) is 22.4 Å². The summed E-state index contributed by atoms with van der Waals surface area (Å²) in [7, 11) is 0. The molecule has 1 atom stereocenters. The molecule has 3 aliphatic rings. The first-order valence-corrected chi connectivity index (χ1v) is 10.6. The highest BCUT2D eigenvalue weighted by molar-refractivity contribution is 6.30. The van der Waals surface area contributed by atoms with E-state index in [1.54, 1.807) is 15.9 Å². The summed E-state index contributed by atoms with van der Waals surface area (Å²) in [5, 5.41) is 3.72. The maximum atomic E-state index is 13.0. The number of hydrogen-bond donors (Lipinski definition) is 1. The number of ether oxygens (including phenoxy) is 1. The van der Waals surface area contributed by atoms with Crippen LogP contribution in [-0.2, 0) is 22.5 Å². The molecule has 158 valence electrons. The highest BCUT2D eigenvalue weighted by atomic mass is 35.5. The molecule has 8 heteroatoms. The fourth-order valence-corrected chi connectivity index (χ4v) is 4.44. The summed E-state index contributed by atoms with van der Waals surface area (Å²) in [6, 6.07) is 15.2. The number of aryl methyl sites for hydroxylation is 1. The maximum Gasteiger partial charge on any atom is 0.348 e. The van der Waals surface area contributed by atoms with E-state index in [0.717, 1.165) is 24.0 Å². The third-order valence-electron chi connectivity index (χ3n) is 5.79. The number of amidine groups is 1. The van der Waals surface area contributed by atoms with Crippen LogP contribution < -0.4 is 5.32 Å². The number of halogens is 1. The van der Waals surface area contributed by atoms with E-state index in [-0.39, 0.29) is 18.0 Å². The van der Waals surface area contributed by atoms with Crippen LogP contribution in [0.2, 0.25) is 5.02 Å². The molecule has 3 amide bonds. The Morgan fingerprint density at radius 3 is 2.94 bits per heavy atom. The number of nitrogens with one attached hydrogen (secondary N) is 1. The Hall–Kier alpha value is -3.32. The first kappa shape index (κ1) is 19.6. The molecule has 2 heterocycles. The van der Waals surface area contributed by atoms with Crippen LogP contribution in [0.4, 0.5) is 4.79 Å². The number of nitrogens with zero attached hydrogens (tertiary/aromatic N) is 3. The monoisotopic (exact) mass is 436 g/mol. The van der Waals surface area contributed by atoms with E-state index >= 15 is 0 Å². The molecule has 7 nitrogen and oxygen atoms in total. The van der Waals surface area contributed by atoms with Crippen LogP contribution in [0.15, 0.2) is 65.5 Å². The molecule has 5 rings (SSSR count). The molecule has 0 spiro atoms. The van der Waals surface area contributed by atoms with Gasteiger partial charge in [-0.1, -0.05) is 48.0 Å². The number of aliphatic imine (C=N–C) groups is 1. The van der Waals surface area contributed by atoms with Gasteiger partial charge in [0.1, 0.15) is 12.0 Å². The highest BCUT2D eigenvalue weighted by Crippen LogP contribution is 2.31. The average molecular weight is 437 g/mol. The van der Waals surface area contributed by atoms with Crippen molar-refractivity contribution in [1.29, 1.82) is 0 Å². The van der Waals surface area contributed by atoms with Crippen molar-refractivity contribution in [2.45, 2.75) is 25.4 Å². The summed E-state index contributed by atoms with van der Waals surface area (Å²) in [5.74, 6) is -0.234. The van der Waals surface area contributed by atoms with Crippen molar-refractivity contribution in [3.05, 3.63) is 82.2 Å². The van der Waals surface area contributed by atoms with Crippen LogP contribution in [0.3, 0.4) is 0 Å². The van der Waals surface area contributed by atoms with Crippen LogP contribution in [0.25, 0.3) is 0 Å². The molecule has 0 saturated heterocycles. The zero-order valence-electron chi connectivity index (χ0n) is 16.8. The lowest BCUT2D eigenvalue weighted by Gasteiger charge is -2.22. The standard InChI is InChI=1S/C23H21ClN4O3/c24-17-6-3-4-15(12-17)13-27-10-11-28-20(14-31-23(28)26-22(27)30)21(29)25-19-9-8-16-5-1-2-7-18(16)19/h1-7,12,14,19H,8-11,13H2,(H,25,29). The van der Waals surface area contributed by atoms with Gasteiger partial charge in [-0.15, -0.1) is 4.99 Å². The molecule has 2 aromatic carbocycles. The van der Waals surface area contributed by atoms with Crippen molar-refractivity contribution in [1.82, 2.24) is 15.1 Å². The summed E-state index contributed by atoms with van der Waals surface area (Å²) in [6.45, 7) is 1.19. The van der Waals surface area contributed by atoms with Gasteiger partial charge in [0, 0.05) is 24.7 Å². The van der Waals surface area contributed by atoms with Crippen LogP contribution in [-0.4, -0.2) is 40.8 Å². The largest absolute Gasteiger partial charge is 0.431 e. The third kappa shape index (κ3) is 3.88. The Balaban J connectivity index is 1.27. The topological polar surface area (TPSA) is 74.2 Å². The fraction of sp³-hybridized carbons (Fsp3) is 0.261. The molecule has 1 aliphatic carbocycles. The van der Waals surface area contributed by atoms with Crippen molar-refractivity contribution in [3.63, 3.8) is 0 Å². The van der Waals surface area contributed by atoms with E-state index < -0.39 is 6.03 Å². The quantitative estimate of drug-likeness (QED) is 0.794. The van der Waals surface area contributed by atoms with Gasteiger partial charge in [-0.2, -0.15) is 0 Å². The van der Waals surface area contributed by atoms with Crippen molar-refractivity contribution < 1.29 is 14.3 Å². The number of rotatable bonds is 4. The van der Waals surface area contributed by atoms with Crippen molar-refractivity contribution in [2.24, 2.45) is 4.99 Å². The number of urea groups is 1. The SMILES string of the molecule is O=C(NC1CCc2ccccc21)C1=COC2=NC(=O)N(Cc3cccc(Cl)c3)CCN12. The van der Waals surface area contributed by atoms with E-state index in [4.69, 9.17) is 16.3 Å². The van der Waals surface area contributed by atoms with Gasteiger partial charge in [0.2, 0.25) is 0 Å². The zero-order valence-corrected chi connectivity index (χ0v) is 17.5. The summed E-state index contributed by atoms with van der Waals surface area (Å²) in [4.78, 5) is 33.0. The summed E-state index contributed by atoms with van der Waals surface area (Å²) in [5.41, 5.74) is 3.70. The van der Waals surface area contributed by atoms with Gasteiger partial charge >= 0.3 is 12.1 Å². The van der Waals surface area contributed by atoms with Crippen LogP contribution >= 0.6 is 11.6 Å². The fourth-order valence-electron chi connectivity index (χ4n) is 4.23. The van der Waals surface area contributed by atoms with E-state index in [0.29, 0.717) is 30.4 Å². The van der Waals surface area contributed by atoms with Crippen molar-refractivity contribution in [2.75, 3.05) is 13.1 Å². The number of carbonyl (C=O) groups excluding carboxylic acids is 2. The van der Waals surface area contributed by atoms with Gasteiger partial charge in [-0.3, -0.25) is 9.69 Å². The lowest BCUT2D eigenvalue weighted by atomic mass is 10.1. The van der Waals surface area contributed by atoms with Crippen LogP contribution in [0.1, 0.15) is 29.2 Å². The Morgan fingerprint density at radius 1 is 1.19 bits per heavy atom. The van der Waals surface area contributed by atoms with Crippen molar-refractivity contribution >= 4 is 29.6 Å². The second-order valence-electron chi connectivity index (χ2n) is 7.76. The summed E-state index contributed by atoms with van der Waals surface area (Å²) >= 11 is 6.05. The minimum atomic E-state index is -0.405. The summed E-state index contributed by atoms with van der Waals surface area (Å²) in [6.07, 6.45) is 3.18. The lowest BCUT2D eigenvalue weighted by Crippen LogP contribution is -2.39. The number of hydrogen-bond acceptors (Lipinski definition) is 4. The third-order valence-corrected chi connectivity index (χ3v) is 6.02. The molecule has 0 saturated carbocycles. The Morgan fingerprint density at radius 2 is 2.06 bits per heavy atom. The van der Waals surface area contributed by atoms with Crippen LogP contribution in [0.5, 0.6) is 0 Å². The van der Waals surface area contributed by atoms with E-state index in [9.17, 15) is 9.59 Å². The van der Waals surface area contributed by atoms with Crippen molar-refractivity contribution in [3.8, 4) is 0 Å². The molecule has 1 unspecified atom stereocenters. The average Bonchev–Trinajstić information content (AvgIpc) is 3.31. The lowest BCUT2D eigenvalue weighted by molar-refractivity contribution is -0.119. The number of fused-ring (bicyclic) bond motifs is 2. The predicted molar refractivity (Wildman–Crippen MR) is 116 cm³/mol. The predicted octanol–water partition coefficient (Wildman–Crippen LogP) is 3.61. The molecule has 0 fully saturated rings. The van der Waals surface area contributed by atoms with Gasteiger partial charge < -0.3 is 15.0 Å². The van der Waals surface area contributed by atoms with E-state index in [1.165, 1.54) is 11.8 Å². The molecule has 0 radical (unpaired) electrons. The number of amides is 3. The molecule has 31 heavy (non-hydrogen) atoms. The zero-order chi connectivity index (χ0) is 21.4. The second-order valence-corrected chi connectivity index (χ2v) is 8.20. The minimum Gasteiger partial charge on any atom is -0.431 e. The normalized spacial score (nSPS) is 19.8. The first-order chi connectivity index (χ1) is 15.1. The van der Waals surface area contributed by atoms with Gasteiger partial charge in [0.05, 0.1) is 6.04 Å². The molecule has 2 aliphatic heterocycles. The Kier molecular flexibility index (Phi) is 5.11. The van der Waals surface area contributed by atoms with Gasteiger partial charge in [0.15, 0.2) is 0 Å². The molecule has 0 bridgehead atoms. The molecular formula is C23H21ClN4O3. The first-order valence-electron chi connectivity index (χ1n) is 10.2. The molecular weight excluding hydrogens is 416 g/mol. The van der Waals surface area contributed by atoms with Gasteiger partial charge in [-0.25, -0.2) is 4.79 Å². The maximum absolute atomic E-state index is 13.0. The number of benzene rings is 2. The van der Waals surface area contributed by atoms with Gasteiger partial charge in [0.25, 0.3) is 5.91 Å². The van der Waals surface area contributed by atoms with E-state index in [1.807, 2.05) is 30.3 Å².